The zero-order valence-electron chi connectivity index (χ0n) is 15.5. The van der Waals surface area contributed by atoms with E-state index in [0.717, 1.165) is 42.2 Å². The normalized spacial score (nSPS) is 17.3. The van der Waals surface area contributed by atoms with Crippen LogP contribution in [0.15, 0.2) is 47.9 Å². The van der Waals surface area contributed by atoms with Crippen molar-refractivity contribution in [3.8, 4) is 0 Å². The van der Waals surface area contributed by atoms with Crippen molar-refractivity contribution in [3.05, 3.63) is 53.4 Å². The number of nitrogens with one attached hydrogen (secondary N) is 1. The van der Waals surface area contributed by atoms with Crippen LogP contribution in [-0.2, 0) is 4.74 Å². The summed E-state index contributed by atoms with van der Waals surface area (Å²) in [4.78, 5) is 0. The maximum atomic E-state index is 5.83. The molecule has 4 heteroatoms. The molecule has 0 amide bonds. The summed E-state index contributed by atoms with van der Waals surface area (Å²) in [7, 11) is 1.76. The molecule has 0 fully saturated rings. The van der Waals surface area contributed by atoms with Gasteiger partial charge in [0, 0.05) is 18.7 Å². The highest BCUT2D eigenvalue weighted by atomic mass is 16.5. The highest BCUT2D eigenvalue weighted by molar-refractivity contribution is 5.69. The molecule has 0 saturated heterocycles. The van der Waals surface area contributed by atoms with Gasteiger partial charge in [-0.1, -0.05) is 56.2 Å². The zero-order chi connectivity index (χ0) is 17.4. The van der Waals surface area contributed by atoms with Gasteiger partial charge in [-0.05, 0) is 26.7 Å². The van der Waals surface area contributed by atoms with E-state index in [4.69, 9.17) is 4.74 Å². The molecule has 1 heterocycles. The maximum absolute atomic E-state index is 5.83. The predicted molar refractivity (Wildman–Crippen MR) is 100 cm³/mol. The molecule has 0 aliphatic carbocycles. The van der Waals surface area contributed by atoms with Crippen molar-refractivity contribution in [1.82, 2.24) is 15.6 Å². The third kappa shape index (κ3) is 4.12. The second-order valence-electron chi connectivity index (χ2n) is 5.90. The predicted octanol–water partition coefficient (Wildman–Crippen LogP) is 4.54. The Bertz CT molecular complexity index is 566. The van der Waals surface area contributed by atoms with E-state index in [1.807, 2.05) is 6.07 Å². The van der Waals surface area contributed by atoms with E-state index in [9.17, 15) is 0 Å². The molecular weight excluding hydrogens is 298 g/mol. The largest absolute Gasteiger partial charge is 0.492 e. The number of allylic oxidation sites excluding steroid dienone is 1. The number of unbranched alkanes of at least 4 members (excludes halogenated alkanes) is 3. The van der Waals surface area contributed by atoms with Gasteiger partial charge in [-0.15, -0.1) is 5.12 Å². The smallest absolute Gasteiger partial charge is 0.168 e. The molecule has 0 saturated carbocycles. The summed E-state index contributed by atoms with van der Waals surface area (Å²) in [5, 5.41) is 4.42. The summed E-state index contributed by atoms with van der Waals surface area (Å²) in [5.41, 5.74) is 6.86. The first kappa shape index (κ1) is 18.4. The van der Waals surface area contributed by atoms with Gasteiger partial charge in [0.25, 0.3) is 0 Å². The third-order valence-corrected chi connectivity index (χ3v) is 4.28. The van der Waals surface area contributed by atoms with E-state index >= 15 is 0 Å². The number of likely N-dealkylation sites (N-methyl/N-ethyl adjacent to an activating group) is 1. The summed E-state index contributed by atoms with van der Waals surface area (Å²) < 4.78 is 5.83. The molecule has 1 aromatic carbocycles. The molecule has 24 heavy (non-hydrogen) atoms. The Labute approximate surface area is 146 Å². The van der Waals surface area contributed by atoms with Crippen molar-refractivity contribution in [2.45, 2.75) is 46.5 Å². The van der Waals surface area contributed by atoms with Crippen molar-refractivity contribution in [2.24, 2.45) is 0 Å². The molecule has 0 aromatic heterocycles. The van der Waals surface area contributed by atoms with Crippen molar-refractivity contribution in [2.75, 3.05) is 20.2 Å². The lowest BCUT2D eigenvalue weighted by Gasteiger charge is -2.42. The Hall–Kier alpha value is -1.94. The number of hydrazine groups is 2. The van der Waals surface area contributed by atoms with Gasteiger partial charge in [0.2, 0.25) is 0 Å². The second-order valence-corrected chi connectivity index (χ2v) is 5.90. The van der Waals surface area contributed by atoms with Crippen molar-refractivity contribution < 1.29 is 4.74 Å². The molecule has 132 valence electrons. The first-order chi connectivity index (χ1) is 11.8. The van der Waals surface area contributed by atoms with Gasteiger partial charge in [0.1, 0.15) is 5.70 Å². The summed E-state index contributed by atoms with van der Waals surface area (Å²) in [6, 6.07) is 10.4. The fourth-order valence-electron chi connectivity index (χ4n) is 3.04. The minimum Gasteiger partial charge on any atom is -0.492 e. The van der Waals surface area contributed by atoms with E-state index < -0.39 is 0 Å². The minimum atomic E-state index is 0.882. The van der Waals surface area contributed by atoms with Crippen LogP contribution in [0.1, 0.15) is 52.0 Å². The molecule has 0 spiro atoms. The number of rotatable bonds is 8. The van der Waals surface area contributed by atoms with Gasteiger partial charge in [-0.2, -0.15) is 0 Å². The summed E-state index contributed by atoms with van der Waals surface area (Å²) in [6.45, 7) is 8.35. The van der Waals surface area contributed by atoms with Gasteiger partial charge in [0.15, 0.2) is 5.76 Å². The number of nitrogens with zero attached hydrogens (tertiary/aromatic N) is 2. The van der Waals surface area contributed by atoms with Gasteiger partial charge < -0.3 is 4.74 Å². The third-order valence-electron chi connectivity index (χ3n) is 4.28. The molecule has 2 rings (SSSR count). The Balaban J connectivity index is 2.43. The molecule has 1 aliphatic heterocycles. The molecule has 1 aliphatic rings. The highest BCUT2D eigenvalue weighted by Gasteiger charge is 2.29. The lowest BCUT2D eigenvalue weighted by atomic mass is 10.1. The van der Waals surface area contributed by atoms with Crippen LogP contribution in [0, 0.1) is 0 Å². The summed E-state index contributed by atoms with van der Waals surface area (Å²) in [5.74, 6) is 0.921. The van der Waals surface area contributed by atoms with E-state index in [2.05, 4.69) is 66.7 Å². The van der Waals surface area contributed by atoms with Gasteiger partial charge in [-0.25, -0.2) is 0 Å². The lowest BCUT2D eigenvalue weighted by molar-refractivity contribution is -0.0282. The van der Waals surface area contributed by atoms with E-state index in [1.165, 1.54) is 19.3 Å². The zero-order valence-corrected chi connectivity index (χ0v) is 15.5. The van der Waals surface area contributed by atoms with Crippen molar-refractivity contribution in [1.29, 1.82) is 0 Å². The van der Waals surface area contributed by atoms with Crippen LogP contribution in [0.2, 0.25) is 0 Å². The maximum Gasteiger partial charge on any atom is 0.168 e. The molecule has 0 unspecified atom stereocenters. The molecule has 0 bridgehead atoms. The van der Waals surface area contributed by atoms with Crippen molar-refractivity contribution >= 4 is 5.70 Å². The Morgan fingerprint density at radius 3 is 2.38 bits per heavy atom. The molecule has 0 radical (unpaired) electrons. The van der Waals surface area contributed by atoms with Gasteiger partial charge in [-0.3, -0.25) is 10.4 Å². The Morgan fingerprint density at radius 2 is 1.79 bits per heavy atom. The van der Waals surface area contributed by atoms with Crippen LogP contribution in [0.5, 0.6) is 0 Å². The highest BCUT2D eigenvalue weighted by Crippen LogP contribution is 2.30. The fraction of sp³-hybridized carbons (Fsp3) is 0.500. The fourth-order valence-corrected chi connectivity index (χ4v) is 3.04. The number of hydrogen-bond donors (Lipinski definition) is 1. The van der Waals surface area contributed by atoms with E-state index in [-0.39, 0.29) is 0 Å². The van der Waals surface area contributed by atoms with Crippen LogP contribution < -0.4 is 5.43 Å². The number of hydrogen-bond acceptors (Lipinski definition) is 4. The minimum absolute atomic E-state index is 0.882. The first-order valence-corrected chi connectivity index (χ1v) is 9.12. The van der Waals surface area contributed by atoms with Crippen LogP contribution in [0.3, 0.4) is 0 Å². The number of methoxy groups -OCH3 is 1. The Morgan fingerprint density at radius 1 is 1.04 bits per heavy atom. The SMILES string of the molecule is CCCCCC=C1C(OC)=C(c2ccccc2)NN(CC)N1CC. The quantitative estimate of drug-likeness (QED) is 0.709. The molecule has 1 N–H and O–H groups in total. The van der Waals surface area contributed by atoms with E-state index in [0.29, 0.717) is 0 Å². The average Bonchev–Trinajstić information content (AvgIpc) is 2.64. The molecular formula is C20H31N3O. The van der Waals surface area contributed by atoms with Crippen molar-refractivity contribution in [3.63, 3.8) is 0 Å². The first-order valence-electron chi connectivity index (χ1n) is 9.12. The monoisotopic (exact) mass is 329 g/mol. The number of benzene rings is 1. The van der Waals surface area contributed by atoms with Crippen LogP contribution >= 0.6 is 0 Å². The summed E-state index contributed by atoms with van der Waals surface area (Å²) >= 11 is 0. The topological polar surface area (TPSA) is 27.7 Å². The van der Waals surface area contributed by atoms with Crippen LogP contribution in [0.25, 0.3) is 5.70 Å². The molecule has 0 atom stereocenters. The molecule has 4 nitrogen and oxygen atoms in total. The number of ether oxygens (including phenoxy) is 1. The van der Waals surface area contributed by atoms with Crippen LogP contribution in [0.4, 0.5) is 0 Å². The second kappa shape index (κ2) is 9.38. The summed E-state index contributed by atoms with van der Waals surface area (Å²) in [6.07, 6.45) is 7.13. The van der Waals surface area contributed by atoms with E-state index in [1.54, 1.807) is 7.11 Å². The Kier molecular flexibility index (Phi) is 7.19. The lowest BCUT2D eigenvalue weighted by Crippen LogP contribution is -2.53. The van der Waals surface area contributed by atoms with Gasteiger partial charge in [0.05, 0.1) is 12.8 Å². The van der Waals surface area contributed by atoms with Gasteiger partial charge >= 0.3 is 0 Å². The standard InChI is InChI=1S/C20H31N3O/c1-5-8-9-13-16-18-20(24-4)19(17-14-11-10-12-15-17)21-23(7-3)22(18)6-2/h10-12,14-16,21H,5-9,13H2,1-4H3. The molecule has 1 aromatic rings. The average molecular weight is 329 g/mol. The van der Waals surface area contributed by atoms with Crippen LogP contribution in [-0.4, -0.2) is 30.3 Å².